The smallest absolute Gasteiger partial charge is 0.159 e. The van der Waals surface area contributed by atoms with Gasteiger partial charge in [0.05, 0.1) is 19.0 Å². The second kappa shape index (κ2) is 6.68. The van der Waals surface area contributed by atoms with E-state index in [2.05, 4.69) is 34.3 Å². The lowest BCUT2D eigenvalue weighted by Gasteiger charge is -2.22. The number of rotatable bonds is 4. The van der Waals surface area contributed by atoms with Crippen LogP contribution in [-0.2, 0) is 0 Å². The minimum atomic E-state index is 0.593. The maximum Gasteiger partial charge on any atom is 0.159 e. The van der Waals surface area contributed by atoms with Crippen molar-refractivity contribution in [2.24, 2.45) is 5.92 Å². The van der Waals surface area contributed by atoms with Gasteiger partial charge in [0.25, 0.3) is 0 Å². The summed E-state index contributed by atoms with van der Waals surface area (Å²) in [5, 5.41) is 3.40. The van der Waals surface area contributed by atoms with Crippen LogP contribution in [-0.4, -0.2) is 29.7 Å². The molecule has 1 saturated heterocycles. The topological polar surface area (TPSA) is 47.0 Å². The normalized spacial score (nSPS) is 18.4. The fraction of sp³-hybridized carbons (Fsp3) is 0.412. The standard InChI is InChI=1S/C17H21N3O/c1-13-4-2-6-15(8-13)17-19-10-16(11-20-17)21-12-14-5-3-7-18-9-14/h2,4,6,8,10-11,14,18H,3,5,7,9,12H2,1H3. The molecule has 2 heterocycles. The number of benzene rings is 1. The molecule has 0 bridgehead atoms. The third-order valence-corrected chi connectivity index (χ3v) is 3.79. The first kappa shape index (κ1) is 14.0. The minimum Gasteiger partial charge on any atom is -0.490 e. The van der Waals surface area contributed by atoms with Gasteiger partial charge in [-0.15, -0.1) is 0 Å². The Labute approximate surface area is 125 Å². The van der Waals surface area contributed by atoms with Crippen molar-refractivity contribution in [2.45, 2.75) is 19.8 Å². The van der Waals surface area contributed by atoms with Crippen molar-refractivity contribution in [1.29, 1.82) is 0 Å². The maximum atomic E-state index is 5.80. The Hall–Kier alpha value is -1.94. The summed E-state index contributed by atoms with van der Waals surface area (Å²) in [5.74, 6) is 2.08. The van der Waals surface area contributed by atoms with Crippen molar-refractivity contribution in [3.05, 3.63) is 42.2 Å². The summed E-state index contributed by atoms with van der Waals surface area (Å²) in [6, 6.07) is 8.20. The number of aromatic nitrogens is 2. The highest BCUT2D eigenvalue weighted by atomic mass is 16.5. The van der Waals surface area contributed by atoms with E-state index in [4.69, 9.17) is 4.74 Å². The lowest BCUT2D eigenvalue weighted by atomic mass is 10.0. The van der Waals surface area contributed by atoms with E-state index in [1.165, 1.54) is 18.4 Å². The van der Waals surface area contributed by atoms with E-state index in [1.807, 2.05) is 12.1 Å². The van der Waals surface area contributed by atoms with Gasteiger partial charge in [-0.05, 0) is 32.4 Å². The van der Waals surface area contributed by atoms with E-state index < -0.39 is 0 Å². The Morgan fingerprint density at radius 3 is 2.86 bits per heavy atom. The van der Waals surface area contributed by atoms with Crippen molar-refractivity contribution in [2.75, 3.05) is 19.7 Å². The van der Waals surface area contributed by atoms with Gasteiger partial charge in [0.1, 0.15) is 0 Å². The first-order valence-electron chi connectivity index (χ1n) is 7.54. The summed E-state index contributed by atoms with van der Waals surface area (Å²) in [5.41, 5.74) is 2.25. The van der Waals surface area contributed by atoms with Crippen LogP contribution in [0.2, 0.25) is 0 Å². The van der Waals surface area contributed by atoms with Crippen molar-refractivity contribution in [1.82, 2.24) is 15.3 Å². The highest BCUT2D eigenvalue weighted by Crippen LogP contribution is 2.18. The highest BCUT2D eigenvalue weighted by molar-refractivity contribution is 5.55. The Morgan fingerprint density at radius 1 is 1.29 bits per heavy atom. The highest BCUT2D eigenvalue weighted by Gasteiger charge is 2.13. The second-order valence-corrected chi connectivity index (χ2v) is 5.64. The molecule has 110 valence electrons. The lowest BCUT2D eigenvalue weighted by molar-refractivity contribution is 0.217. The molecule has 1 fully saturated rings. The van der Waals surface area contributed by atoms with Gasteiger partial charge in [0.2, 0.25) is 0 Å². The average molecular weight is 283 g/mol. The predicted molar refractivity (Wildman–Crippen MR) is 83.3 cm³/mol. The third kappa shape index (κ3) is 3.79. The molecule has 1 N–H and O–H groups in total. The van der Waals surface area contributed by atoms with Crippen molar-refractivity contribution < 1.29 is 4.74 Å². The minimum absolute atomic E-state index is 0.593. The molecule has 2 aromatic rings. The molecule has 0 radical (unpaired) electrons. The van der Waals surface area contributed by atoms with E-state index >= 15 is 0 Å². The van der Waals surface area contributed by atoms with Crippen LogP contribution in [0, 0.1) is 12.8 Å². The van der Waals surface area contributed by atoms with Crippen LogP contribution in [0.5, 0.6) is 5.75 Å². The van der Waals surface area contributed by atoms with Crippen LogP contribution in [0.1, 0.15) is 18.4 Å². The molecule has 21 heavy (non-hydrogen) atoms. The first-order chi connectivity index (χ1) is 10.3. The van der Waals surface area contributed by atoms with Gasteiger partial charge in [0, 0.05) is 18.0 Å². The van der Waals surface area contributed by atoms with Crippen LogP contribution in [0.4, 0.5) is 0 Å². The molecule has 4 nitrogen and oxygen atoms in total. The number of hydrogen-bond acceptors (Lipinski definition) is 4. The van der Waals surface area contributed by atoms with Crippen molar-refractivity contribution in [3.8, 4) is 17.1 Å². The van der Waals surface area contributed by atoms with Crippen LogP contribution < -0.4 is 10.1 Å². The summed E-state index contributed by atoms with van der Waals surface area (Å²) in [7, 11) is 0. The van der Waals surface area contributed by atoms with Crippen molar-refractivity contribution >= 4 is 0 Å². The number of nitrogens with one attached hydrogen (secondary N) is 1. The molecule has 1 aliphatic rings. The van der Waals surface area contributed by atoms with Gasteiger partial charge in [-0.25, -0.2) is 9.97 Å². The zero-order valence-electron chi connectivity index (χ0n) is 12.4. The molecule has 1 aliphatic heterocycles. The lowest BCUT2D eigenvalue weighted by Crippen LogP contribution is -2.33. The molecule has 1 unspecified atom stereocenters. The van der Waals surface area contributed by atoms with Gasteiger partial charge >= 0.3 is 0 Å². The molecule has 0 spiro atoms. The first-order valence-corrected chi connectivity index (χ1v) is 7.54. The summed E-state index contributed by atoms with van der Waals surface area (Å²) in [4.78, 5) is 8.80. The van der Waals surface area contributed by atoms with Crippen molar-refractivity contribution in [3.63, 3.8) is 0 Å². The second-order valence-electron chi connectivity index (χ2n) is 5.64. The number of piperidine rings is 1. The van der Waals surface area contributed by atoms with Gasteiger partial charge in [-0.1, -0.05) is 23.8 Å². The molecular formula is C17H21N3O. The van der Waals surface area contributed by atoms with Gasteiger partial charge in [-0.3, -0.25) is 0 Å². The molecule has 4 heteroatoms. The Kier molecular flexibility index (Phi) is 4.46. The Balaban J connectivity index is 1.61. The summed E-state index contributed by atoms with van der Waals surface area (Å²) in [6.07, 6.45) is 5.99. The fourth-order valence-electron chi connectivity index (χ4n) is 2.60. The van der Waals surface area contributed by atoms with Gasteiger partial charge < -0.3 is 10.1 Å². The SMILES string of the molecule is Cc1cccc(-c2ncc(OCC3CCCNC3)cn2)c1. The summed E-state index contributed by atoms with van der Waals surface area (Å²) < 4.78 is 5.80. The molecule has 0 aliphatic carbocycles. The van der Waals surface area contributed by atoms with E-state index in [0.717, 1.165) is 36.8 Å². The maximum absolute atomic E-state index is 5.80. The zero-order chi connectivity index (χ0) is 14.5. The van der Waals surface area contributed by atoms with E-state index in [-0.39, 0.29) is 0 Å². The van der Waals surface area contributed by atoms with E-state index in [1.54, 1.807) is 12.4 Å². The molecule has 1 atom stereocenters. The largest absolute Gasteiger partial charge is 0.490 e. The molecule has 1 aromatic heterocycles. The average Bonchev–Trinajstić information content (AvgIpc) is 2.54. The quantitative estimate of drug-likeness (QED) is 0.937. The van der Waals surface area contributed by atoms with E-state index in [9.17, 15) is 0 Å². The molecule has 3 rings (SSSR count). The number of nitrogens with zero attached hydrogens (tertiary/aromatic N) is 2. The summed E-state index contributed by atoms with van der Waals surface area (Å²) in [6.45, 7) is 4.98. The number of ether oxygens (including phenoxy) is 1. The van der Waals surface area contributed by atoms with Crippen LogP contribution in [0.25, 0.3) is 11.4 Å². The molecule has 0 amide bonds. The molecule has 1 aromatic carbocycles. The summed E-state index contributed by atoms with van der Waals surface area (Å²) >= 11 is 0. The van der Waals surface area contributed by atoms with Crippen LogP contribution in [0.15, 0.2) is 36.7 Å². The molecule has 0 saturated carbocycles. The third-order valence-electron chi connectivity index (χ3n) is 3.79. The van der Waals surface area contributed by atoms with Gasteiger partial charge in [-0.2, -0.15) is 0 Å². The molecular weight excluding hydrogens is 262 g/mol. The number of hydrogen-bond donors (Lipinski definition) is 1. The van der Waals surface area contributed by atoms with E-state index in [0.29, 0.717) is 5.92 Å². The monoisotopic (exact) mass is 283 g/mol. The fourth-order valence-corrected chi connectivity index (χ4v) is 2.60. The number of aryl methyl sites for hydroxylation is 1. The van der Waals surface area contributed by atoms with Gasteiger partial charge in [0.15, 0.2) is 11.6 Å². The Morgan fingerprint density at radius 2 is 2.14 bits per heavy atom. The van der Waals surface area contributed by atoms with Crippen LogP contribution in [0.3, 0.4) is 0 Å². The predicted octanol–water partition coefficient (Wildman–Crippen LogP) is 2.83. The Bertz CT molecular complexity index is 577. The zero-order valence-corrected chi connectivity index (χ0v) is 12.4. The van der Waals surface area contributed by atoms with Crippen LogP contribution >= 0.6 is 0 Å².